The van der Waals surface area contributed by atoms with Gasteiger partial charge in [0.1, 0.15) is 12.4 Å². The number of alkyl halides is 2. The van der Waals surface area contributed by atoms with Gasteiger partial charge in [0, 0.05) is 6.08 Å². The molecule has 0 aliphatic rings. The number of carbonyl (C=O) groups excluding carboxylic acids is 1. The first kappa shape index (κ1) is 14.2. The van der Waals surface area contributed by atoms with E-state index in [4.69, 9.17) is 5.11 Å². The van der Waals surface area contributed by atoms with Gasteiger partial charge in [0.05, 0.1) is 6.54 Å². The Morgan fingerprint density at radius 1 is 1.44 bits per heavy atom. The molecule has 98 valence electrons. The lowest BCUT2D eigenvalue weighted by Gasteiger charge is -2.12. The van der Waals surface area contributed by atoms with Gasteiger partial charge in [-0.05, 0) is 23.8 Å². The molecule has 1 aromatic carbocycles. The minimum atomic E-state index is -3.34. The maximum absolute atomic E-state index is 12.8. The van der Waals surface area contributed by atoms with Crippen molar-refractivity contribution in [3.8, 4) is 0 Å². The zero-order valence-electron chi connectivity index (χ0n) is 9.37. The lowest BCUT2D eigenvalue weighted by molar-refractivity contribution is -0.119. The van der Waals surface area contributed by atoms with Crippen LogP contribution in [-0.4, -0.2) is 30.1 Å². The van der Waals surface area contributed by atoms with Crippen molar-refractivity contribution in [2.24, 2.45) is 0 Å². The summed E-state index contributed by atoms with van der Waals surface area (Å²) in [5.41, 5.74) is 0.444. The van der Waals surface area contributed by atoms with E-state index in [1.165, 1.54) is 24.3 Å². The highest BCUT2D eigenvalue weighted by atomic mass is 19.3. The van der Waals surface area contributed by atoms with Crippen molar-refractivity contribution >= 4 is 12.0 Å². The molecule has 2 N–H and O–H groups in total. The van der Waals surface area contributed by atoms with E-state index in [2.05, 4.69) is 0 Å². The van der Waals surface area contributed by atoms with Crippen LogP contribution in [0.2, 0.25) is 0 Å². The van der Waals surface area contributed by atoms with Crippen LogP contribution >= 0.6 is 0 Å². The van der Waals surface area contributed by atoms with Crippen molar-refractivity contribution in [3.05, 3.63) is 41.7 Å². The van der Waals surface area contributed by atoms with Gasteiger partial charge >= 0.3 is 0 Å². The number of aliphatic hydroxyl groups excluding tert-OH is 1. The molecule has 0 unspecified atom stereocenters. The van der Waals surface area contributed by atoms with Gasteiger partial charge in [0.15, 0.2) is 0 Å². The lowest BCUT2D eigenvalue weighted by atomic mass is 10.2. The zero-order chi connectivity index (χ0) is 13.6. The van der Waals surface area contributed by atoms with Crippen molar-refractivity contribution in [2.45, 2.75) is 5.92 Å². The van der Waals surface area contributed by atoms with Crippen LogP contribution in [0.25, 0.3) is 6.08 Å². The summed E-state index contributed by atoms with van der Waals surface area (Å²) >= 11 is 0. The molecule has 3 nitrogen and oxygen atoms in total. The molecule has 0 radical (unpaired) electrons. The number of aliphatic hydroxyl groups is 1. The molecule has 0 aromatic heterocycles. The maximum atomic E-state index is 12.8. The highest BCUT2D eigenvalue weighted by molar-refractivity contribution is 5.91. The second kappa shape index (κ2) is 6.20. The number of hydrogen-bond donors (Lipinski definition) is 2. The van der Waals surface area contributed by atoms with E-state index in [9.17, 15) is 18.0 Å². The maximum Gasteiger partial charge on any atom is 0.287 e. The van der Waals surface area contributed by atoms with E-state index in [1.807, 2.05) is 5.32 Å². The average Bonchev–Trinajstić information content (AvgIpc) is 2.34. The molecule has 0 aliphatic carbocycles. The Bertz CT molecular complexity index is 447. The normalized spacial score (nSPS) is 11.8. The highest BCUT2D eigenvalue weighted by Gasteiger charge is 2.27. The molecule has 0 aliphatic heterocycles. The van der Waals surface area contributed by atoms with Crippen molar-refractivity contribution in [3.63, 3.8) is 0 Å². The van der Waals surface area contributed by atoms with Gasteiger partial charge in [-0.2, -0.15) is 0 Å². The summed E-state index contributed by atoms with van der Waals surface area (Å²) in [5, 5.41) is 10.2. The van der Waals surface area contributed by atoms with Crippen LogP contribution in [0.3, 0.4) is 0 Å². The summed E-state index contributed by atoms with van der Waals surface area (Å²) in [7, 11) is 0. The van der Waals surface area contributed by atoms with Gasteiger partial charge in [0.2, 0.25) is 5.91 Å². The molecule has 0 saturated carbocycles. The van der Waals surface area contributed by atoms with Crippen LogP contribution in [-0.2, 0) is 4.79 Å². The number of rotatable bonds is 5. The standard InChI is InChI=1S/C12H12F3NO2/c13-10-3-1-2-9(6-10)4-5-11(18)16-7-12(14,15)8-17/h1-6,17H,7-8H2,(H,16,18)/b5-4+. The van der Waals surface area contributed by atoms with E-state index < -0.39 is 30.8 Å². The van der Waals surface area contributed by atoms with Crippen molar-refractivity contribution in [2.75, 3.05) is 13.2 Å². The molecule has 0 saturated heterocycles. The lowest BCUT2D eigenvalue weighted by Crippen LogP contribution is -2.38. The van der Waals surface area contributed by atoms with Gasteiger partial charge in [-0.15, -0.1) is 0 Å². The smallest absolute Gasteiger partial charge is 0.287 e. The van der Waals surface area contributed by atoms with Crippen LogP contribution in [0.1, 0.15) is 5.56 Å². The number of nitrogens with one attached hydrogen (secondary N) is 1. The Kier molecular flexibility index (Phi) is 4.91. The monoisotopic (exact) mass is 259 g/mol. The van der Waals surface area contributed by atoms with E-state index in [0.717, 1.165) is 6.08 Å². The molecule has 0 bridgehead atoms. The molecule has 6 heteroatoms. The summed E-state index contributed by atoms with van der Waals surface area (Å²) in [5.74, 6) is -4.54. The minimum Gasteiger partial charge on any atom is -0.390 e. The molecule has 0 fully saturated rings. The van der Waals surface area contributed by atoms with Crippen LogP contribution in [0.15, 0.2) is 30.3 Å². The first-order valence-electron chi connectivity index (χ1n) is 5.13. The summed E-state index contributed by atoms with van der Waals surface area (Å²) in [6.07, 6.45) is 2.32. The number of benzene rings is 1. The molecule has 1 rings (SSSR count). The Balaban J connectivity index is 2.50. The van der Waals surface area contributed by atoms with Crippen molar-refractivity contribution in [1.29, 1.82) is 0 Å². The fourth-order valence-corrected chi connectivity index (χ4v) is 1.11. The molecule has 18 heavy (non-hydrogen) atoms. The van der Waals surface area contributed by atoms with Crippen LogP contribution < -0.4 is 5.32 Å². The third kappa shape index (κ3) is 5.01. The van der Waals surface area contributed by atoms with E-state index in [1.54, 1.807) is 6.07 Å². The largest absolute Gasteiger partial charge is 0.390 e. The van der Waals surface area contributed by atoms with Crippen LogP contribution in [0.5, 0.6) is 0 Å². The third-order valence-electron chi connectivity index (χ3n) is 2.03. The second-order valence-corrected chi connectivity index (χ2v) is 3.62. The molecule has 1 amide bonds. The van der Waals surface area contributed by atoms with Gasteiger partial charge < -0.3 is 10.4 Å². The Hall–Kier alpha value is -1.82. The Morgan fingerprint density at radius 2 is 2.17 bits per heavy atom. The molecule has 0 spiro atoms. The molecular formula is C12H12F3NO2. The topological polar surface area (TPSA) is 49.3 Å². The van der Waals surface area contributed by atoms with Crippen molar-refractivity contribution in [1.82, 2.24) is 5.32 Å². The third-order valence-corrected chi connectivity index (χ3v) is 2.03. The summed E-state index contributed by atoms with van der Waals surface area (Å²) < 4.78 is 38.0. The fraction of sp³-hybridized carbons (Fsp3) is 0.250. The van der Waals surface area contributed by atoms with Crippen molar-refractivity contribution < 1.29 is 23.1 Å². The number of amides is 1. The van der Waals surface area contributed by atoms with Gasteiger partial charge in [-0.1, -0.05) is 12.1 Å². The SMILES string of the molecule is O=C(/C=C/c1cccc(F)c1)NCC(F)(F)CO. The van der Waals surface area contributed by atoms with E-state index in [-0.39, 0.29) is 0 Å². The molecule has 0 heterocycles. The van der Waals surface area contributed by atoms with E-state index in [0.29, 0.717) is 5.56 Å². The molecular weight excluding hydrogens is 247 g/mol. The minimum absolute atomic E-state index is 0.444. The quantitative estimate of drug-likeness (QED) is 0.789. The highest BCUT2D eigenvalue weighted by Crippen LogP contribution is 2.09. The van der Waals surface area contributed by atoms with Gasteiger partial charge in [0.25, 0.3) is 5.92 Å². The summed E-state index contributed by atoms with van der Waals surface area (Å²) in [6.45, 7) is -2.28. The second-order valence-electron chi connectivity index (χ2n) is 3.62. The first-order valence-corrected chi connectivity index (χ1v) is 5.13. The van der Waals surface area contributed by atoms with Gasteiger partial charge in [-0.25, -0.2) is 13.2 Å². The predicted octanol–water partition coefficient (Wildman–Crippen LogP) is 1.58. The average molecular weight is 259 g/mol. The Morgan fingerprint density at radius 3 is 2.78 bits per heavy atom. The Labute approximate surface area is 102 Å². The number of carbonyl (C=O) groups is 1. The number of halogens is 3. The molecule has 1 aromatic rings. The fourth-order valence-electron chi connectivity index (χ4n) is 1.11. The first-order chi connectivity index (χ1) is 8.43. The zero-order valence-corrected chi connectivity index (χ0v) is 9.37. The molecule has 0 atom stereocenters. The summed E-state index contributed by atoms with van der Waals surface area (Å²) in [4.78, 5) is 11.2. The van der Waals surface area contributed by atoms with E-state index >= 15 is 0 Å². The van der Waals surface area contributed by atoms with Crippen LogP contribution in [0.4, 0.5) is 13.2 Å². The predicted molar refractivity (Wildman–Crippen MR) is 60.5 cm³/mol. The van der Waals surface area contributed by atoms with Crippen LogP contribution in [0, 0.1) is 5.82 Å². The number of hydrogen-bond acceptors (Lipinski definition) is 2. The van der Waals surface area contributed by atoms with Gasteiger partial charge in [-0.3, -0.25) is 4.79 Å². The summed E-state index contributed by atoms with van der Waals surface area (Å²) in [6, 6.07) is 5.48.